The van der Waals surface area contributed by atoms with Crippen molar-refractivity contribution in [3.63, 3.8) is 0 Å². The van der Waals surface area contributed by atoms with Crippen LogP contribution in [0, 0.1) is 0 Å². The number of ether oxygens (including phenoxy) is 6. The van der Waals surface area contributed by atoms with Crippen LogP contribution in [0.1, 0.15) is 89.4 Å². The highest BCUT2D eigenvalue weighted by atomic mass is 32.1. The van der Waals surface area contributed by atoms with Crippen molar-refractivity contribution in [1.29, 1.82) is 0 Å². The van der Waals surface area contributed by atoms with E-state index in [0.717, 1.165) is 78.5 Å². The van der Waals surface area contributed by atoms with Gasteiger partial charge in [-0.2, -0.15) is 10.2 Å². The lowest BCUT2D eigenvalue weighted by atomic mass is 10.2. The van der Waals surface area contributed by atoms with Gasteiger partial charge in [0.1, 0.15) is 23.0 Å². The predicted molar refractivity (Wildman–Crippen MR) is 241 cm³/mol. The first-order valence-electron chi connectivity index (χ1n) is 20.4. The maximum absolute atomic E-state index is 13.3. The Morgan fingerprint density at radius 1 is 0.597 bits per heavy atom. The van der Waals surface area contributed by atoms with Crippen LogP contribution in [0.25, 0.3) is 10.1 Å². The van der Waals surface area contributed by atoms with Gasteiger partial charge in [-0.25, -0.2) is 19.2 Å². The molecule has 0 unspecified atom stereocenters. The summed E-state index contributed by atoms with van der Waals surface area (Å²) in [7, 11) is 0. The minimum atomic E-state index is -0.605. The third-order valence-electron chi connectivity index (χ3n) is 9.20. The molecule has 0 radical (unpaired) electrons. The van der Waals surface area contributed by atoms with Crippen molar-refractivity contribution in [2.24, 2.45) is 10.2 Å². The van der Waals surface area contributed by atoms with Crippen LogP contribution in [0.3, 0.4) is 0 Å². The van der Waals surface area contributed by atoms with Gasteiger partial charge in [0.2, 0.25) is 0 Å². The molecule has 0 saturated carbocycles. The predicted octanol–water partition coefficient (Wildman–Crippen LogP) is 10.5. The summed E-state index contributed by atoms with van der Waals surface area (Å²) < 4.78 is 34.3. The highest BCUT2D eigenvalue weighted by molar-refractivity contribution is 7.20. The summed E-state index contributed by atoms with van der Waals surface area (Å²) in [5, 5.41) is 9.84. The van der Waals surface area contributed by atoms with Crippen molar-refractivity contribution in [2.75, 3.05) is 26.4 Å². The Labute approximate surface area is 365 Å². The van der Waals surface area contributed by atoms with E-state index >= 15 is 0 Å². The number of unbranched alkanes of at least 4 members (excludes halogenated alkanes) is 6. The number of carbonyl (C=O) groups excluding carboxylic acids is 4. The van der Waals surface area contributed by atoms with Crippen molar-refractivity contribution >= 4 is 57.2 Å². The van der Waals surface area contributed by atoms with Crippen LogP contribution < -0.4 is 18.9 Å². The molecule has 13 heteroatoms. The van der Waals surface area contributed by atoms with Gasteiger partial charge in [-0.1, -0.05) is 31.4 Å². The number of fused-ring (bicyclic) bond motifs is 1. The van der Waals surface area contributed by atoms with Crippen LogP contribution >= 0.6 is 11.3 Å². The molecule has 0 aliphatic heterocycles. The summed E-state index contributed by atoms with van der Waals surface area (Å²) in [6.45, 7) is 10.4. The van der Waals surface area contributed by atoms with Crippen LogP contribution in [0.4, 0.5) is 0 Å². The van der Waals surface area contributed by atoms with E-state index in [0.29, 0.717) is 60.3 Å². The monoisotopic (exact) mass is 858 g/mol. The summed E-state index contributed by atoms with van der Waals surface area (Å²) in [4.78, 5) is 49.7. The van der Waals surface area contributed by atoms with E-state index in [4.69, 9.17) is 28.4 Å². The van der Waals surface area contributed by atoms with E-state index in [1.165, 1.54) is 18.3 Å². The molecule has 0 saturated heterocycles. The molecule has 0 fully saturated rings. The molecule has 322 valence electrons. The number of hydrogen-bond acceptors (Lipinski definition) is 13. The van der Waals surface area contributed by atoms with Gasteiger partial charge >= 0.3 is 23.9 Å². The molecule has 1 heterocycles. The Morgan fingerprint density at radius 3 is 1.66 bits per heavy atom. The fraction of sp³-hybridized carbons (Fsp3) is 0.265. The summed E-state index contributed by atoms with van der Waals surface area (Å²) >= 11 is 1.61. The zero-order valence-electron chi connectivity index (χ0n) is 34.8. The minimum Gasteiger partial charge on any atom is -0.494 e. The molecule has 62 heavy (non-hydrogen) atoms. The molecular formula is C49H50N2O10S. The van der Waals surface area contributed by atoms with Crippen molar-refractivity contribution in [3.8, 4) is 23.0 Å². The van der Waals surface area contributed by atoms with Crippen LogP contribution in [0.15, 0.2) is 133 Å². The first kappa shape index (κ1) is 46.2. The highest BCUT2D eigenvalue weighted by Crippen LogP contribution is 2.28. The first-order chi connectivity index (χ1) is 30.2. The maximum Gasteiger partial charge on any atom is 0.343 e. The normalized spacial score (nSPS) is 11.2. The van der Waals surface area contributed by atoms with E-state index in [2.05, 4.69) is 35.5 Å². The van der Waals surface area contributed by atoms with Gasteiger partial charge in [-0.3, -0.25) is 0 Å². The van der Waals surface area contributed by atoms with E-state index < -0.39 is 23.9 Å². The molecule has 5 rings (SSSR count). The topological polar surface area (TPSA) is 148 Å². The molecule has 0 spiro atoms. The Balaban J connectivity index is 1.18. The molecule has 0 atom stereocenters. The lowest BCUT2D eigenvalue weighted by molar-refractivity contribution is -0.138. The largest absolute Gasteiger partial charge is 0.494 e. The molecule has 0 aliphatic rings. The number of hydrogen-bond donors (Lipinski definition) is 0. The molecular weight excluding hydrogens is 809 g/mol. The summed E-state index contributed by atoms with van der Waals surface area (Å²) in [6, 6.07) is 28.1. The van der Waals surface area contributed by atoms with Gasteiger partial charge < -0.3 is 28.4 Å². The third kappa shape index (κ3) is 15.3. The SMILES string of the molecule is C=CC(=O)OCCCCCCOc1ccc(C(=O)Oc2ccc(OC(=O)c3ccc(OCCCCCCOC(=O)C=C)cc3)c(C=NN=C(C)c3cc4ccccc4s3)c2)cc1. The maximum atomic E-state index is 13.3. The molecule has 5 aromatic rings. The summed E-state index contributed by atoms with van der Waals surface area (Å²) in [5.74, 6) is -0.400. The Hall–Kier alpha value is -6.86. The molecule has 4 aromatic carbocycles. The van der Waals surface area contributed by atoms with Gasteiger partial charge in [0.25, 0.3) is 0 Å². The lowest BCUT2D eigenvalue weighted by Gasteiger charge is -2.11. The smallest absolute Gasteiger partial charge is 0.343 e. The Bertz CT molecular complexity index is 2320. The number of thiophene rings is 1. The molecule has 0 bridgehead atoms. The molecule has 0 N–H and O–H groups in total. The zero-order valence-corrected chi connectivity index (χ0v) is 35.6. The Kier molecular flexibility index (Phi) is 18.7. The first-order valence-corrected chi connectivity index (χ1v) is 21.2. The third-order valence-corrected chi connectivity index (χ3v) is 10.4. The van der Waals surface area contributed by atoms with Crippen molar-refractivity contribution < 1.29 is 47.6 Å². The fourth-order valence-electron chi connectivity index (χ4n) is 5.83. The standard InChI is InChI=1S/C49H50N2O10S/c1-4-46(52)58-30-14-8-6-12-28-56-40-22-18-36(19-23-40)48(54)60-42-26-27-43(39(32-42)34-50-51-35(3)45-33-38-16-10-11-17-44(38)62-45)61-49(55)37-20-24-41(25-21-37)57-29-13-7-9-15-31-59-47(53)5-2/h4-5,10-11,16-27,32-34H,1-2,6-9,12-15,28-31H2,3H3. The molecule has 0 amide bonds. The average molecular weight is 859 g/mol. The fourth-order valence-corrected chi connectivity index (χ4v) is 6.83. The van der Waals surface area contributed by atoms with Crippen molar-refractivity contribution in [3.05, 3.63) is 144 Å². The van der Waals surface area contributed by atoms with Crippen LogP contribution in [0.2, 0.25) is 0 Å². The number of rotatable bonds is 25. The second kappa shape index (κ2) is 25.0. The quantitative estimate of drug-likeness (QED) is 0.0139. The lowest BCUT2D eigenvalue weighted by Crippen LogP contribution is -2.11. The Morgan fingerprint density at radius 2 is 1.11 bits per heavy atom. The van der Waals surface area contributed by atoms with E-state index in [9.17, 15) is 19.2 Å². The average Bonchev–Trinajstić information content (AvgIpc) is 3.74. The van der Waals surface area contributed by atoms with E-state index in [1.807, 2.05) is 25.1 Å². The van der Waals surface area contributed by atoms with Crippen LogP contribution in [-0.4, -0.2) is 62.2 Å². The number of benzene rings is 4. The van der Waals surface area contributed by atoms with Gasteiger partial charge in [-0.15, -0.1) is 11.3 Å². The van der Waals surface area contributed by atoms with Crippen molar-refractivity contribution in [1.82, 2.24) is 0 Å². The number of esters is 4. The number of nitrogens with zero attached hydrogens (tertiary/aromatic N) is 2. The highest BCUT2D eigenvalue weighted by Gasteiger charge is 2.15. The van der Waals surface area contributed by atoms with E-state index in [-0.39, 0.29) is 11.5 Å². The summed E-state index contributed by atoms with van der Waals surface area (Å²) in [5.41, 5.74) is 1.68. The zero-order chi connectivity index (χ0) is 43.9. The minimum absolute atomic E-state index is 0.186. The molecule has 0 aliphatic carbocycles. The van der Waals surface area contributed by atoms with Gasteiger partial charge in [0.15, 0.2) is 0 Å². The van der Waals surface area contributed by atoms with E-state index in [1.54, 1.807) is 65.9 Å². The van der Waals surface area contributed by atoms with Gasteiger partial charge in [0.05, 0.1) is 54.4 Å². The molecule has 1 aromatic heterocycles. The van der Waals surface area contributed by atoms with Crippen LogP contribution in [-0.2, 0) is 19.1 Å². The van der Waals surface area contributed by atoms with Gasteiger partial charge in [-0.05, 0) is 143 Å². The number of carbonyl (C=O) groups is 4. The second-order valence-corrected chi connectivity index (χ2v) is 15.0. The second-order valence-electron chi connectivity index (χ2n) is 13.9. The van der Waals surface area contributed by atoms with Gasteiger partial charge in [0, 0.05) is 22.4 Å². The summed E-state index contributed by atoms with van der Waals surface area (Å²) in [6.07, 6.45) is 10.6. The van der Waals surface area contributed by atoms with Crippen LogP contribution in [0.5, 0.6) is 23.0 Å². The van der Waals surface area contributed by atoms with Crippen molar-refractivity contribution in [2.45, 2.75) is 58.3 Å². The molecule has 12 nitrogen and oxygen atoms in total.